The molecule has 1 aliphatic rings. The molecule has 2 N–H and O–H groups in total. The van der Waals surface area contributed by atoms with Crippen molar-refractivity contribution in [1.29, 1.82) is 0 Å². The molecule has 5 rings (SSSR count). The summed E-state index contributed by atoms with van der Waals surface area (Å²) in [6.07, 6.45) is 11.7. The fourth-order valence-corrected chi connectivity index (χ4v) is 5.61. The first-order valence-electron chi connectivity index (χ1n) is 13.8. The van der Waals surface area contributed by atoms with Crippen molar-refractivity contribution in [3.8, 4) is 0 Å². The van der Waals surface area contributed by atoms with E-state index in [1.165, 1.54) is 0 Å². The van der Waals surface area contributed by atoms with Crippen molar-refractivity contribution >= 4 is 48.4 Å². The molecule has 8 bridgehead atoms. The maximum Gasteiger partial charge on any atom is 0.303 e. The van der Waals surface area contributed by atoms with Gasteiger partial charge in [0.2, 0.25) is 0 Å². The summed E-state index contributed by atoms with van der Waals surface area (Å²) >= 11 is 0. The maximum absolute atomic E-state index is 11.5. The molecule has 4 aromatic rings. The molecule has 0 saturated carbocycles. The molecule has 0 aliphatic carbocycles. The predicted octanol–water partition coefficient (Wildman–Crippen LogP) is 1.70. The molecule has 5 heterocycles. The Balaban J connectivity index is 0.00000423. The minimum Gasteiger partial charge on any atom is -0.657 e. The van der Waals surface area contributed by atoms with E-state index in [1.54, 1.807) is 12.2 Å². The molecule has 0 radical (unpaired) electrons. The summed E-state index contributed by atoms with van der Waals surface area (Å²) in [6, 6.07) is 0. The summed E-state index contributed by atoms with van der Waals surface area (Å²) in [5.74, 6) is -1.80. The molecule has 0 spiro atoms. The van der Waals surface area contributed by atoms with Crippen LogP contribution in [0, 0.1) is 27.7 Å². The van der Waals surface area contributed by atoms with Crippen LogP contribution < -0.4 is 41.3 Å². The van der Waals surface area contributed by atoms with Crippen molar-refractivity contribution in [3.63, 3.8) is 0 Å². The number of fused-ring (bicyclic) bond motifs is 8. The van der Waals surface area contributed by atoms with Crippen LogP contribution in [0.1, 0.15) is 80.1 Å². The van der Waals surface area contributed by atoms with Gasteiger partial charge in [0.25, 0.3) is 0 Å². The average Bonchev–Trinajstić information content (AvgIpc) is 3.59. The maximum atomic E-state index is 11.5. The standard InChI is InChI=1S/C34H32N4O4.Cd/c1-7-21-17(3)25-13-26-19(5)23(9-11-33(39)40)31(37-26)16-32-24(10-12-34(41)42)20(6)28(38-32)15-30-22(8-2)18(4)27(36-30)14-29(21)35-25;/h7-8,13-16H,1-2,9-12H2,3-6H3,(H,39,40)(H,41,42);/q-4;/b25-13-,26-13?,27-14?,28-15-,29-14-,30-15?,31-16?,32-16-;. The Hall–Kier alpha value is -4.06. The second-order valence-corrected chi connectivity index (χ2v) is 10.6. The Morgan fingerprint density at radius 2 is 1.09 bits per heavy atom. The Morgan fingerprint density at radius 3 is 1.72 bits per heavy atom. The minimum absolute atomic E-state index is 0. The minimum atomic E-state index is -0.898. The van der Waals surface area contributed by atoms with E-state index in [2.05, 4.69) is 13.2 Å². The van der Waals surface area contributed by atoms with E-state index in [9.17, 15) is 19.8 Å². The summed E-state index contributed by atoms with van der Waals surface area (Å²) < 4.78 is 0. The van der Waals surface area contributed by atoms with Crippen LogP contribution in [0.25, 0.3) is 36.5 Å². The SMILES string of the molecule is C=Cc1c2[n-]c(c1C)/C=c1\[n-]/c(c(C)c1C=C)=C\c1[n-]c(c(CCC(=O)O)c1C)/C=c1\[n-]/c(c(C)c1CCC(=O)O)=C\2.[Cd]. The predicted molar refractivity (Wildman–Crippen MR) is 163 cm³/mol. The van der Waals surface area contributed by atoms with Crippen LogP contribution in [-0.4, -0.2) is 22.2 Å². The first-order valence-corrected chi connectivity index (χ1v) is 13.8. The average molecular weight is 673 g/mol. The van der Waals surface area contributed by atoms with Crippen LogP contribution in [0.3, 0.4) is 0 Å². The van der Waals surface area contributed by atoms with E-state index in [0.717, 1.165) is 60.9 Å². The number of carboxylic acids is 2. The summed E-state index contributed by atoms with van der Waals surface area (Å²) in [4.78, 5) is 42.7. The summed E-state index contributed by atoms with van der Waals surface area (Å²) in [7, 11) is 0. The normalized spacial score (nSPS) is 15.0. The number of hydrogen-bond donors (Lipinski definition) is 2. The Kier molecular flexibility index (Phi) is 9.39. The Morgan fingerprint density at radius 1 is 0.605 bits per heavy atom. The molecule has 0 amide bonds. The molecule has 1 aliphatic heterocycles. The van der Waals surface area contributed by atoms with Gasteiger partial charge in [0.15, 0.2) is 0 Å². The van der Waals surface area contributed by atoms with Gasteiger partial charge in [0.05, 0.1) is 0 Å². The Bertz CT molecular complexity index is 2030. The number of carboxylic acid groups (broad SMARTS) is 2. The van der Waals surface area contributed by atoms with Crippen molar-refractivity contribution < 1.29 is 47.1 Å². The van der Waals surface area contributed by atoms with E-state index in [-0.39, 0.29) is 40.1 Å². The number of hydrogen-bond acceptors (Lipinski definition) is 2. The number of aromatic nitrogens is 4. The van der Waals surface area contributed by atoms with Crippen LogP contribution in [0.5, 0.6) is 0 Å². The molecule has 4 aromatic heterocycles. The van der Waals surface area contributed by atoms with Crippen molar-refractivity contribution in [1.82, 2.24) is 19.9 Å². The third kappa shape index (κ3) is 6.06. The summed E-state index contributed by atoms with van der Waals surface area (Å²) in [6.45, 7) is 15.9. The van der Waals surface area contributed by atoms with Crippen molar-refractivity contribution in [3.05, 3.63) is 102 Å². The van der Waals surface area contributed by atoms with Crippen molar-refractivity contribution in [2.75, 3.05) is 0 Å². The number of aliphatic carboxylic acids is 2. The fourth-order valence-electron chi connectivity index (χ4n) is 5.61. The molecule has 0 atom stereocenters. The zero-order chi connectivity index (χ0) is 30.3. The molecular formula is C34H32CdN4O4-4. The molecule has 8 nitrogen and oxygen atoms in total. The molecular weight excluding hydrogens is 641 g/mol. The van der Waals surface area contributed by atoms with Gasteiger partial charge in [-0.15, -0.1) is 44.2 Å². The zero-order valence-corrected chi connectivity index (χ0v) is 28.9. The van der Waals surface area contributed by atoms with E-state index >= 15 is 0 Å². The largest absolute Gasteiger partial charge is 0.657 e. The van der Waals surface area contributed by atoms with Crippen molar-refractivity contribution in [2.45, 2.75) is 53.4 Å². The monoisotopic (exact) mass is 674 g/mol. The number of rotatable bonds is 8. The van der Waals surface area contributed by atoms with Crippen LogP contribution in [-0.2, 0) is 49.7 Å². The molecule has 0 saturated heterocycles. The van der Waals surface area contributed by atoms with Crippen molar-refractivity contribution in [2.24, 2.45) is 0 Å². The molecule has 9 heteroatoms. The Labute approximate surface area is 269 Å². The van der Waals surface area contributed by atoms with Gasteiger partial charge < -0.3 is 30.1 Å². The second kappa shape index (κ2) is 12.7. The molecule has 0 unspecified atom stereocenters. The topological polar surface area (TPSA) is 131 Å². The van der Waals surface area contributed by atoms with Crippen LogP contribution in [0.4, 0.5) is 0 Å². The summed E-state index contributed by atoms with van der Waals surface area (Å²) in [5.41, 5.74) is 9.84. The van der Waals surface area contributed by atoms with E-state index in [4.69, 9.17) is 19.9 Å². The van der Waals surface area contributed by atoms with Crippen LogP contribution in [0.15, 0.2) is 13.2 Å². The first kappa shape index (κ1) is 31.9. The third-order valence-electron chi connectivity index (χ3n) is 8.06. The molecule has 218 valence electrons. The van der Waals surface area contributed by atoms with E-state index in [1.807, 2.05) is 52.0 Å². The quantitative estimate of drug-likeness (QED) is 0.238. The third-order valence-corrected chi connectivity index (χ3v) is 8.06. The smallest absolute Gasteiger partial charge is 0.303 e. The number of nitrogens with zero attached hydrogens (tertiary/aromatic N) is 4. The van der Waals surface area contributed by atoms with E-state index in [0.29, 0.717) is 40.6 Å². The number of carbonyl (C=O) groups is 2. The van der Waals surface area contributed by atoms with Gasteiger partial charge >= 0.3 is 11.9 Å². The van der Waals surface area contributed by atoms with Gasteiger partial charge in [-0.25, -0.2) is 0 Å². The zero-order valence-electron chi connectivity index (χ0n) is 24.9. The molecule has 0 aromatic carbocycles. The molecule has 43 heavy (non-hydrogen) atoms. The van der Waals surface area contributed by atoms with Gasteiger partial charge in [0.1, 0.15) is 0 Å². The van der Waals surface area contributed by atoms with Gasteiger partial charge in [0, 0.05) is 40.1 Å². The van der Waals surface area contributed by atoms with Crippen LogP contribution in [0.2, 0.25) is 0 Å². The van der Waals surface area contributed by atoms with Gasteiger partial charge in [-0.05, 0) is 51.7 Å². The van der Waals surface area contributed by atoms with Gasteiger partial charge in [-0.2, -0.15) is 0 Å². The first-order chi connectivity index (χ1) is 20.0. The fraction of sp³-hybridized carbons (Fsp3) is 0.235. The second-order valence-electron chi connectivity index (χ2n) is 10.6. The summed E-state index contributed by atoms with van der Waals surface area (Å²) in [5, 5.41) is 21.7. The van der Waals surface area contributed by atoms with Gasteiger partial charge in [-0.3, -0.25) is 9.59 Å². The molecule has 0 fully saturated rings. The van der Waals surface area contributed by atoms with E-state index < -0.39 is 11.9 Å². The van der Waals surface area contributed by atoms with Crippen LogP contribution >= 0.6 is 0 Å². The van der Waals surface area contributed by atoms with Gasteiger partial charge in [-0.1, -0.05) is 83.0 Å².